The third-order valence-electron chi connectivity index (χ3n) is 3.54. The minimum atomic E-state index is -0.0280. The van der Waals surface area contributed by atoms with Gasteiger partial charge in [0.05, 0.1) is 0 Å². The normalized spacial score (nSPS) is 31.3. The summed E-state index contributed by atoms with van der Waals surface area (Å²) in [6, 6.07) is 0.347. The number of amides is 1. The first-order valence-electron chi connectivity index (χ1n) is 5.97. The van der Waals surface area contributed by atoms with Crippen molar-refractivity contribution in [1.82, 2.24) is 5.32 Å². The van der Waals surface area contributed by atoms with E-state index >= 15 is 0 Å². The van der Waals surface area contributed by atoms with Crippen molar-refractivity contribution in [3.8, 4) is 0 Å². The molecule has 0 spiro atoms. The van der Waals surface area contributed by atoms with E-state index in [1.54, 1.807) is 0 Å². The molecule has 1 rings (SSSR count). The van der Waals surface area contributed by atoms with Gasteiger partial charge in [-0.1, -0.05) is 33.8 Å². The molecule has 0 saturated heterocycles. The van der Waals surface area contributed by atoms with Crippen molar-refractivity contribution in [1.29, 1.82) is 0 Å². The third kappa shape index (κ3) is 3.37. The zero-order valence-electron chi connectivity index (χ0n) is 10.1. The van der Waals surface area contributed by atoms with Gasteiger partial charge in [0.1, 0.15) is 0 Å². The molecule has 0 heterocycles. The van der Waals surface area contributed by atoms with E-state index in [1.807, 2.05) is 0 Å². The highest BCUT2D eigenvalue weighted by Gasteiger charge is 2.31. The molecule has 0 aliphatic heterocycles. The van der Waals surface area contributed by atoms with E-state index in [0.717, 1.165) is 12.3 Å². The van der Waals surface area contributed by atoms with E-state index in [-0.39, 0.29) is 5.91 Å². The second-order valence-electron chi connectivity index (χ2n) is 5.15. The number of hydrogen-bond acceptors (Lipinski definition) is 1. The molecule has 1 amide bonds. The average molecular weight is 209 g/mol. The Kier molecular flexibility index (Phi) is 4.37. The Labute approximate surface area is 93.1 Å². The number of carbonyl (C=O) groups is 1. The van der Waals surface area contributed by atoms with Crippen molar-refractivity contribution < 1.29 is 4.79 Å². The van der Waals surface area contributed by atoms with E-state index in [2.05, 4.69) is 32.7 Å². The van der Waals surface area contributed by atoms with Gasteiger partial charge in [-0.25, -0.2) is 0 Å². The highest BCUT2D eigenvalue weighted by molar-refractivity contribution is 5.87. The molecule has 1 N–H and O–H groups in total. The molecule has 2 heteroatoms. The Morgan fingerprint density at radius 3 is 2.67 bits per heavy atom. The second-order valence-corrected chi connectivity index (χ2v) is 5.15. The summed E-state index contributed by atoms with van der Waals surface area (Å²) in [5, 5.41) is 3.07. The third-order valence-corrected chi connectivity index (χ3v) is 3.54. The molecule has 3 atom stereocenters. The minimum Gasteiger partial charge on any atom is -0.350 e. The number of carbonyl (C=O) groups excluding carboxylic acids is 1. The van der Waals surface area contributed by atoms with Gasteiger partial charge in [0, 0.05) is 6.04 Å². The Balaban J connectivity index is 2.61. The van der Waals surface area contributed by atoms with Crippen LogP contribution in [0.15, 0.2) is 12.7 Å². The van der Waals surface area contributed by atoms with Crippen molar-refractivity contribution >= 4 is 5.91 Å². The van der Waals surface area contributed by atoms with Gasteiger partial charge in [-0.3, -0.25) is 4.79 Å². The lowest BCUT2D eigenvalue weighted by Gasteiger charge is -2.37. The van der Waals surface area contributed by atoms with Crippen molar-refractivity contribution in [2.24, 2.45) is 17.8 Å². The smallest absolute Gasteiger partial charge is 0.243 e. The fraction of sp³-hybridized carbons (Fsp3) is 0.769. The van der Waals surface area contributed by atoms with Crippen LogP contribution < -0.4 is 5.32 Å². The van der Waals surface area contributed by atoms with Crippen LogP contribution in [-0.2, 0) is 4.79 Å². The summed E-state index contributed by atoms with van der Waals surface area (Å²) in [7, 11) is 0. The number of hydrogen-bond donors (Lipinski definition) is 1. The molecule has 0 bridgehead atoms. The largest absolute Gasteiger partial charge is 0.350 e. The standard InChI is InChI=1S/C13H23NO/c1-5-13(15)14-12-8-10(4)6-7-11(12)9(2)3/h5,9-12H,1,6-8H2,2-4H3,(H,14,15). The van der Waals surface area contributed by atoms with Gasteiger partial charge in [0.2, 0.25) is 5.91 Å². The van der Waals surface area contributed by atoms with E-state index < -0.39 is 0 Å². The molecule has 0 radical (unpaired) electrons. The summed E-state index contributed by atoms with van der Waals surface area (Å²) >= 11 is 0. The van der Waals surface area contributed by atoms with E-state index in [4.69, 9.17) is 0 Å². The van der Waals surface area contributed by atoms with Gasteiger partial charge in [-0.2, -0.15) is 0 Å². The quantitative estimate of drug-likeness (QED) is 0.711. The SMILES string of the molecule is C=CC(=O)NC1CC(C)CCC1C(C)C. The van der Waals surface area contributed by atoms with Crippen LogP contribution >= 0.6 is 0 Å². The summed E-state index contributed by atoms with van der Waals surface area (Å²) in [4.78, 5) is 11.3. The molecule has 0 aromatic rings. The highest BCUT2D eigenvalue weighted by Crippen LogP contribution is 2.33. The van der Waals surface area contributed by atoms with Gasteiger partial charge in [0.25, 0.3) is 0 Å². The van der Waals surface area contributed by atoms with Crippen LogP contribution in [0.25, 0.3) is 0 Å². The Bertz CT molecular complexity index is 235. The van der Waals surface area contributed by atoms with Crippen LogP contribution in [0.3, 0.4) is 0 Å². The number of nitrogens with one attached hydrogen (secondary N) is 1. The van der Waals surface area contributed by atoms with Crippen LogP contribution in [0, 0.1) is 17.8 Å². The van der Waals surface area contributed by atoms with Gasteiger partial charge < -0.3 is 5.32 Å². The minimum absolute atomic E-state index is 0.0280. The van der Waals surface area contributed by atoms with Gasteiger partial charge in [-0.15, -0.1) is 0 Å². The molecule has 1 fully saturated rings. The van der Waals surface area contributed by atoms with E-state index in [1.165, 1.54) is 18.9 Å². The Morgan fingerprint density at radius 2 is 2.13 bits per heavy atom. The van der Waals surface area contributed by atoms with Crippen molar-refractivity contribution in [2.45, 2.75) is 46.1 Å². The zero-order valence-corrected chi connectivity index (χ0v) is 10.1. The van der Waals surface area contributed by atoms with Crippen molar-refractivity contribution in [3.63, 3.8) is 0 Å². The van der Waals surface area contributed by atoms with Gasteiger partial charge in [0.15, 0.2) is 0 Å². The molecule has 15 heavy (non-hydrogen) atoms. The topological polar surface area (TPSA) is 29.1 Å². The maximum Gasteiger partial charge on any atom is 0.243 e. The molecular weight excluding hydrogens is 186 g/mol. The monoisotopic (exact) mass is 209 g/mol. The lowest BCUT2D eigenvalue weighted by Crippen LogP contribution is -2.45. The van der Waals surface area contributed by atoms with Crippen LogP contribution in [0.1, 0.15) is 40.0 Å². The summed E-state index contributed by atoms with van der Waals surface area (Å²) in [6.07, 6.45) is 5.02. The van der Waals surface area contributed by atoms with Gasteiger partial charge in [-0.05, 0) is 36.7 Å². The van der Waals surface area contributed by atoms with Crippen LogP contribution in [0.4, 0.5) is 0 Å². The Hall–Kier alpha value is -0.790. The first-order chi connectivity index (χ1) is 7.04. The van der Waals surface area contributed by atoms with Crippen molar-refractivity contribution in [2.75, 3.05) is 0 Å². The molecule has 1 aliphatic rings. The first-order valence-corrected chi connectivity index (χ1v) is 5.97. The second kappa shape index (κ2) is 5.34. The zero-order chi connectivity index (χ0) is 11.4. The van der Waals surface area contributed by atoms with Crippen molar-refractivity contribution in [3.05, 3.63) is 12.7 Å². The maximum absolute atomic E-state index is 11.3. The van der Waals surface area contributed by atoms with Gasteiger partial charge >= 0.3 is 0 Å². The predicted octanol–water partition coefficient (Wildman–Crippen LogP) is 2.75. The highest BCUT2D eigenvalue weighted by atomic mass is 16.1. The summed E-state index contributed by atoms with van der Waals surface area (Å²) in [5.74, 6) is 1.98. The van der Waals surface area contributed by atoms with Crippen LogP contribution in [-0.4, -0.2) is 11.9 Å². The van der Waals surface area contributed by atoms with Crippen LogP contribution in [0.2, 0.25) is 0 Å². The molecule has 0 aromatic heterocycles. The molecule has 1 saturated carbocycles. The summed E-state index contributed by atoms with van der Waals surface area (Å²) in [5.41, 5.74) is 0. The molecular formula is C13H23NO. The lowest BCUT2D eigenvalue weighted by atomic mass is 9.74. The lowest BCUT2D eigenvalue weighted by molar-refractivity contribution is -0.118. The van der Waals surface area contributed by atoms with E-state index in [9.17, 15) is 4.79 Å². The molecule has 0 aromatic carbocycles. The first kappa shape index (κ1) is 12.3. The molecule has 1 aliphatic carbocycles. The summed E-state index contributed by atoms with van der Waals surface area (Å²) in [6.45, 7) is 10.3. The molecule has 2 nitrogen and oxygen atoms in total. The van der Waals surface area contributed by atoms with Crippen LogP contribution in [0.5, 0.6) is 0 Å². The maximum atomic E-state index is 11.3. The Morgan fingerprint density at radius 1 is 1.47 bits per heavy atom. The fourth-order valence-electron chi connectivity index (χ4n) is 2.61. The molecule has 86 valence electrons. The molecule has 3 unspecified atom stereocenters. The predicted molar refractivity (Wildman–Crippen MR) is 63.5 cm³/mol. The fourth-order valence-corrected chi connectivity index (χ4v) is 2.61. The summed E-state index contributed by atoms with van der Waals surface area (Å²) < 4.78 is 0. The number of rotatable bonds is 3. The van der Waals surface area contributed by atoms with E-state index in [0.29, 0.717) is 17.9 Å². The average Bonchev–Trinajstić information content (AvgIpc) is 2.17.